The highest BCUT2D eigenvalue weighted by Crippen LogP contribution is 2.32. The third-order valence-corrected chi connectivity index (χ3v) is 10.4. The summed E-state index contributed by atoms with van der Waals surface area (Å²) in [4.78, 5) is 25.2. The van der Waals surface area contributed by atoms with Crippen LogP contribution in [0.5, 0.6) is 5.75 Å². The molecule has 1 amide bonds. The second kappa shape index (κ2) is 17.7. The fraction of sp³-hybridized carbons (Fsp3) is 0.500. The molecule has 0 spiro atoms. The molecule has 1 aromatic heterocycles. The van der Waals surface area contributed by atoms with Crippen molar-refractivity contribution in [2.45, 2.75) is 37.5 Å². The zero-order valence-electron chi connectivity index (χ0n) is 28.0. The van der Waals surface area contributed by atoms with Crippen molar-refractivity contribution in [1.82, 2.24) is 9.88 Å². The molecule has 3 aromatic rings. The molecule has 48 heavy (non-hydrogen) atoms. The van der Waals surface area contributed by atoms with Gasteiger partial charge in [0.1, 0.15) is 11.6 Å². The molecule has 2 aliphatic rings. The molecule has 1 saturated heterocycles. The van der Waals surface area contributed by atoms with Crippen molar-refractivity contribution in [3.63, 3.8) is 0 Å². The van der Waals surface area contributed by atoms with Crippen LogP contribution in [0.2, 0.25) is 0 Å². The van der Waals surface area contributed by atoms with Gasteiger partial charge in [-0.1, -0.05) is 35.9 Å². The number of carbonyl (C=O) groups is 1. The summed E-state index contributed by atoms with van der Waals surface area (Å²) in [6.07, 6.45) is 4.58. The van der Waals surface area contributed by atoms with Crippen LogP contribution in [0.1, 0.15) is 31.2 Å². The van der Waals surface area contributed by atoms with Gasteiger partial charge in [-0.05, 0) is 74.9 Å². The van der Waals surface area contributed by atoms with E-state index in [9.17, 15) is 13.2 Å². The zero-order valence-corrected chi connectivity index (χ0v) is 28.9. The van der Waals surface area contributed by atoms with Gasteiger partial charge >= 0.3 is 0 Å². The number of aromatic nitrogens is 1. The van der Waals surface area contributed by atoms with Crippen molar-refractivity contribution >= 4 is 27.5 Å². The summed E-state index contributed by atoms with van der Waals surface area (Å²) in [6, 6.07) is 20.4. The Balaban J connectivity index is 1.11. The van der Waals surface area contributed by atoms with E-state index < -0.39 is 10.1 Å². The summed E-state index contributed by atoms with van der Waals surface area (Å²) >= 11 is 0. The zero-order chi connectivity index (χ0) is 33.8. The van der Waals surface area contributed by atoms with Crippen molar-refractivity contribution in [3.8, 4) is 5.75 Å². The number of rotatable bonds is 16. The van der Waals surface area contributed by atoms with Crippen LogP contribution in [0.3, 0.4) is 0 Å². The van der Waals surface area contributed by atoms with E-state index in [4.69, 9.17) is 18.4 Å². The smallest absolute Gasteiger partial charge is 0.296 e. The third kappa shape index (κ3) is 9.99. The number of anilines is 2. The number of ether oxygens (including phenoxy) is 3. The van der Waals surface area contributed by atoms with Crippen LogP contribution in [0.25, 0.3) is 0 Å². The Morgan fingerprint density at radius 1 is 0.917 bits per heavy atom. The van der Waals surface area contributed by atoms with Crippen LogP contribution in [-0.2, 0) is 28.6 Å². The number of aryl methyl sites for hydroxylation is 1. The van der Waals surface area contributed by atoms with E-state index in [0.29, 0.717) is 38.4 Å². The van der Waals surface area contributed by atoms with Crippen molar-refractivity contribution < 1.29 is 31.6 Å². The first-order valence-corrected chi connectivity index (χ1v) is 18.2. The summed E-state index contributed by atoms with van der Waals surface area (Å²) in [5.41, 5.74) is 2.04. The molecule has 0 atom stereocenters. The predicted octanol–water partition coefficient (Wildman–Crippen LogP) is 4.76. The monoisotopic (exact) mass is 680 g/mol. The van der Waals surface area contributed by atoms with Gasteiger partial charge in [0, 0.05) is 58.5 Å². The highest BCUT2D eigenvalue weighted by molar-refractivity contribution is 7.86. The highest BCUT2D eigenvalue weighted by atomic mass is 32.2. The lowest BCUT2D eigenvalue weighted by molar-refractivity contribution is -0.123. The van der Waals surface area contributed by atoms with Gasteiger partial charge in [0.15, 0.2) is 6.79 Å². The minimum atomic E-state index is -3.81. The summed E-state index contributed by atoms with van der Waals surface area (Å²) in [6.45, 7) is 7.91. The van der Waals surface area contributed by atoms with Gasteiger partial charge in [-0.2, -0.15) is 8.42 Å². The summed E-state index contributed by atoms with van der Waals surface area (Å²) in [5, 5.41) is 0. The van der Waals surface area contributed by atoms with E-state index >= 15 is 0 Å². The SMILES string of the molecule is COCCOCOc1ccccc1N1CCN(CCN(c2ccccn2)C(=O)[C@H]2CC[C@H](COS(=O)(=O)c3ccc(C)cc3)CC2)CC1. The molecule has 2 heterocycles. The molecule has 5 rings (SSSR count). The van der Waals surface area contributed by atoms with Gasteiger partial charge in [-0.25, -0.2) is 4.98 Å². The molecular formula is C36H48N4O7S. The first-order valence-electron chi connectivity index (χ1n) is 16.8. The Kier molecular flexibility index (Phi) is 13.2. The Morgan fingerprint density at radius 3 is 2.35 bits per heavy atom. The molecule has 0 unspecified atom stereocenters. The van der Waals surface area contributed by atoms with E-state index in [1.54, 1.807) is 37.6 Å². The molecule has 2 aromatic carbocycles. The molecule has 1 aliphatic carbocycles. The minimum absolute atomic E-state index is 0.0813. The molecule has 260 valence electrons. The van der Waals surface area contributed by atoms with E-state index in [1.807, 2.05) is 48.2 Å². The Hall–Kier alpha value is -3.55. The van der Waals surface area contributed by atoms with Gasteiger partial charge in [-0.15, -0.1) is 0 Å². The lowest BCUT2D eigenvalue weighted by Gasteiger charge is -2.38. The van der Waals surface area contributed by atoms with E-state index in [0.717, 1.165) is 62.6 Å². The number of benzene rings is 2. The maximum Gasteiger partial charge on any atom is 0.296 e. The van der Waals surface area contributed by atoms with E-state index in [-0.39, 0.29) is 36.0 Å². The molecule has 11 nitrogen and oxygen atoms in total. The van der Waals surface area contributed by atoms with Crippen molar-refractivity contribution in [2.75, 3.05) is 82.8 Å². The van der Waals surface area contributed by atoms with Gasteiger partial charge in [0.05, 0.1) is 30.4 Å². The van der Waals surface area contributed by atoms with Crippen molar-refractivity contribution in [3.05, 3.63) is 78.5 Å². The average molecular weight is 681 g/mol. The maximum atomic E-state index is 13.9. The Bertz CT molecular complexity index is 1530. The van der Waals surface area contributed by atoms with Crippen molar-refractivity contribution in [1.29, 1.82) is 0 Å². The first kappa shape index (κ1) is 35.7. The van der Waals surface area contributed by atoms with Crippen LogP contribution >= 0.6 is 0 Å². The number of carbonyl (C=O) groups excluding carboxylic acids is 1. The number of methoxy groups -OCH3 is 1. The number of nitrogens with zero attached hydrogens (tertiary/aromatic N) is 4. The fourth-order valence-electron chi connectivity index (χ4n) is 6.21. The second-order valence-electron chi connectivity index (χ2n) is 12.4. The lowest BCUT2D eigenvalue weighted by Crippen LogP contribution is -2.50. The van der Waals surface area contributed by atoms with Crippen LogP contribution in [0.15, 0.2) is 77.8 Å². The molecule has 0 N–H and O–H groups in total. The summed E-state index contributed by atoms with van der Waals surface area (Å²) in [7, 11) is -2.17. The molecule has 2 fully saturated rings. The third-order valence-electron chi connectivity index (χ3n) is 9.10. The molecule has 0 radical (unpaired) electrons. The standard InChI is InChI=1S/C36H48N4O7S/c1-29-10-16-32(17-11-29)48(42,43)47-27-30-12-14-31(15-13-30)36(41)40(35-9-5-6-18-37-35)24-21-38-19-22-39(23-20-38)33-7-3-4-8-34(33)46-28-45-26-25-44-2/h3-11,16-18,30-31H,12-15,19-28H2,1-2H3/t30-,31-. The first-order chi connectivity index (χ1) is 23.3. The largest absolute Gasteiger partial charge is 0.465 e. The minimum Gasteiger partial charge on any atom is -0.465 e. The fourth-order valence-corrected chi connectivity index (χ4v) is 7.18. The van der Waals surface area contributed by atoms with Crippen LogP contribution in [-0.4, -0.2) is 97.2 Å². The number of pyridine rings is 1. The lowest BCUT2D eigenvalue weighted by atomic mass is 9.81. The quantitative estimate of drug-likeness (QED) is 0.119. The van der Waals surface area contributed by atoms with Gasteiger partial charge in [0.2, 0.25) is 5.91 Å². The number of hydrogen-bond donors (Lipinski definition) is 0. The Labute approximate surface area is 284 Å². The second-order valence-corrected chi connectivity index (χ2v) is 14.0. The number of amides is 1. The van der Waals surface area contributed by atoms with Crippen molar-refractivity contribution in [2.24, 2.45) is 11.8 Å². The van der Waals surface area contributed by atoms with Gasteiger partial charge in [-0.3, -0.25) is 18.8 Å². The van der Waals surface area contributed by atoms with Crippen LogP contribution in [0.4, 0.5) is 11.5 Å². The Morgan fingerprint density at radius 2 is 1.65 bits per heavy atom. The molecular weight excluding hydrogens is 632 g/mol. The van der Waals surface area contributed by atoms with E-state index in [2.05, 4.69) is 20.9 Å². The van der Waals surface area contributed by atoms with E-state index in [1.165, 1.54) is 0 Å². The molecule has 1 aliphatic heterocycles. The van der Waals surface area contributed by atoms with Gasteiger partial charge < -0.3 is 19.1 Å². The average Bonchev–Trinajstić information content (AvgIpc) is 3.12. The summed E-state index contributed by atoms with van der Waals surface area (Å²) < 4.78 is 47.2. The number of para-hydroxylation sites is 2. The highest BCUT2D eigenvalue weighted by Gasteiger charge is 2.32. The normalized spacial score (nSPS) is 18.8. The van der Waals surface area contributed by atoms with Crippen LogP contribution < -0.4 is 14.5 Å². The number of hydrogen-bond acceptors (Lipinski definition) is 10. The predicted molar refractivity (Wildman–Crippen MR) is 185 cm³/mol. The summed E-state index contributed by atoms with van der Waals surface area (Å²) in [5.74, 6) is 1.49. The molecule has 1 saturated carbocycles. The molecule has 12 heteroatoms. The maximum absolute atomic E-state index is 13.9. The topological polar surface area (TPSA) is 111 Å². The number of piperazine rings is 1. The molecule has 0 bridgehead atoms. The van der Waals surface area contributed by atoms with Crippen LogP contribution in [0, 0.1) is 18.8 Å². The van der Waals surface area contributed by atoms with Gasteiger partial charge in [0.25, 0.3) is 10.1 Å².